The first-order valence-electron chi connectivity index (χ1n) is 31.7. The van der Waals surface area contributed by atoms with Crippen molar-refractivity contribution in [1.82, 2.24) is 0 Å². The summed E-state index contributed by atoms with van der Waals surface area (Å²) < 4.78 is 22.3. The number of carbonyl (C=O) groups is 5. The van der Waals surface area contributed by atoms with E-state index < -0.39 is 0 Å². The van der Waals surface area contributed by atoms with Crippen LogP contribution < -0.4 is 29.6 Å². The van der Waals surface area contributed by atoms with Gasteiger partial charge in [0.05, 0.1) is 6.10 Å². The molecule has 0 aromatic carbocycles. The Balaban J connectivity index is 0. The van der Waals surface area contributed by atoms with Crippen LogP contribution in [0.2, 0.25) is 0 Å². The largest absolute Gasteiger partial charge is 1.00 e. The van der Waals surface area contributed by atoms with Crippen LogP contribution in [0, 0.1) is 0 Å². The molecular formula is C63H115BNaO11. The molecule has 0 aromatic rings. The molecule has 4 rings (SSSR count). The summed E-state index contributed by atoms with van der Waals surface area (Å²) in [5, 5.41) is 17.2. The molecule has 0 unspecified atom stereocenters. The number of esters is 4. The summed E-state index contributed by atoms with van der Waals surface area (Å²) >= 11 is 0. The number of unbranched alkanes of at least 4 members (excludes halogenated alkanes) is 20. The molecule has 0 bridgehead atoms. The summed E-state index contributed by atoms with van der Waals surface area (Å²) in [6, 6.07) is 0. The number of hydrogen-bond donors (Lipinski definition) is 2. The van der Waals surface area contributed by atoms with Gasteiger partial charge in [0.1, 0.15) is 30.2 Å². The molecule has 0 heterocycles. The van der Waals surface area contributed by atoms with Gasteiger partial charge in [-0.15, -0.1) is 0 Å². The molecule has 0 saturated heterocycles. The Hall–Kier alpha value is -1.47. The molecule has 2 N–H and O–H groups in total. The van der Waals surface area contributed by atoms with Gasteiger partial charge in [-0.2, -0.15) is 0 Å². The molecule has 13 heteroatoms. The van der Waals surface area contributed by atoms with Crippen LogP contribution in [0.4, 0.5) is 0 Å². The zero-order valence-corrected chi connectivity index (χ0v) is 51.3. The Kier molecular flexibility index (Phi) is 53.1. The van der Waals surface area contributed by atoms with Crippen molar-refractivity contribution in [2.24, 2.45) is 0 Å². The number of hydrogen-bond acceptors (Lipinski definition) is 11. The maximum Gasteiger partial charge on any atom is 1.00 e. The first-order chi connectivity index (χ1) is 36.3. The molecule has 3 radical (unpaired) electrons. The number of aliphatic hydroxyl groups is 2. The minimum Gasteiger partial charge on any atom is -1.00 e. The first-order valence-corrected chi connectivity index (χ1v) is 31.7. The summed E-state index contributed by atoms with van der Waals surface area (Å²) in [6.45, 7) is 0. The summed E-state index contributed by atoms with van der Waals surface area (Å²) in [4.78, 5) is 59.7. The quantitative estimate of drug-likeness (QED) is 0.0260. The van der Waals surface area contributed by atoms with Gasteiger partial charge in [-0.1, -0.05) is 141 Å². The Morgan fingerprint density at radius 2 is 0.513 bits per heavy atom. The van der Waals surface area contributed by atoms with Crippen molar-refractivity contribution >= 4 is 38.1 Å². The maximum atomic E-state index is 12.1. The van der Waals surface area contributed by atoms with Crippen LogP contribution in [-0.4, -0.2) is 85.9 Å². The van der Waals surface area contributed by atoms with Gasteiger partial charge in [0.15, 0.2) is 0 Å². The summed E-state index contributed by atoms with van der Waals surface area (Å²) in [5.74, 6) is 0.384. The number of Topliss-reactive ketones (excluding diaryl/α,β-unsaturated/α-hetero) is 1. The predicted octanol–water partition coefficient (Wildman–Crippen LogP) is 13.2. The van der Waals surface area contributed by atoms with Crippen LogP contribution >= 0.6 is 0 Å². The Morgan fingerprint density at radius 1 is 0.329 bits per heavy atom. The van der Waals surface area contributed by atoms with Crippen LogP contribution in [0.5, 0.6) is 0 Å². The second-order valence-corrected chi connectivity index (χ2v) is 22.8. The van der Waals surface area contributed by atoms with Gasteiger partial charge in [0.25, 0.3) is 0 Å². The third kappa shape index (κ3) is 45.3. The normalized spacial score (nSPS) is 16.4. The van der Waals surface area contributed by atoms with E-state index in [2.05, 4.69) is 0 Å². The molecule has 11 nitrogen and oxygen atoms in total. The first kappa shape index (κ1) is 74.5. The second-order valence-electron chi connectivity index (χ2n) is 22.8. The second kappa shape index (κ2) is 54.1. The van der Waals surface area contributed by atoms with Gasteiger partial charge >= 0.3 is 53.4 Å². The van der Waals surface area contributed by atoms with Crippen LogP contribution in [-0.2, 0) is 42.9 Å². The van der Waals surface area contributed by atoms with Crippen LogP contribution in [0.25, 0.3) is 0 Å². The summed E-state index contributed by atoms with van der Waals surface area (Å²) in [7, 11) is 1.00. The minimum atomic E-state index is -0.158. The standard InChI is InChI=1S/C31H56O5.C31H54O5.CH4O.B.Na.H/c2*32-27(19-11-5-1-3-7-17-25-30(33)35-28-21-13-9-14-22-28)20-12-6-2-4-8-18-26-31(34)36-29-23-15-10-16-24-29;1-2;;;/h27-29,32H,1-26H2;28-29H,1-26H2;2H,1H3;;;/q;;;;+1;-1. The maximum absolute atomic E-state index is 12.1. The van der Waals surface area contributed by atoms with E-state index in [1.807, 2.05) is 0 Å². The molecule has 0 aliphatic heterocycles. The SMILES string of the molecule is CO.O=C(CCCCCCCCC(=O)OC1CCCCC1)CCCCCCCCC(=O)OC1CCCCC1.O=C(CCCCCCCCC(O)CCCCCCCCC(=O)OC1CCCCC1)OC1CCCCC1.[B].[H-].[Na+]. The van der Waals surface area contributed by atoms with Crippen molar-refractivity contribution < 1.29 is 84.1 Å². The molecule has 0 aromatic heterocycles. The van der Waals surface area contributed by atoms with E-state index in [4.69, 9.17) is 24.1 Å². The Labute approximate surface area is 490 Å². The molecule has 437 valence electrons. The van der Waals surface area contributed by atoms with Gasteiger partial charge in [-0.3, -0.25) is 24.0 Å². The summed E-state index contributed by atoms with van der Waals surface area (Å²) in [5.41, 5.74) is 0. The predicted molar refractivity (Wildman–Crippen MR) is 306 cm³/mol. The van der Waals surface area contributed by atoms with E-state index in [0.29, 0.717) is 31.5 Å². The van der Waals surface area contributed by atoms with Crippen molar-refractivity contribution in [2.45, 2.75) is 364 Å². The third-order valence-corrected chi connectivity index (χ3v) is 15.9. The van der Waals surface area contributed by atoms with Gasteiger partial charge in [0, 0.05) is 54.0 Å². The van der Waals surface area contributed by atoms with E-state index in [1.54, 1.807) is 0 Å². The average Bonchev–Trinajstić information content (AvgIpc) is 3.41. The van der Waals surface area contributed by atoms with Crippen molar-refractivity contribution in [2.75, 3.05) is 7.11 Å². The van der Waals surface area contributed by atoms with Crippen LogP contribution in [0.3, 0.4) is 0 Å². The van der Waals surface area contributed by atoms with Crippen molar-refractivity contribution in [3.8, 4) is 0 Å². The topological polar surface area (TPSA) is 163 Å². The molecule has 76 heavy (non-hydrogen) atoms. The molecule has 0 amide bonds. The van der Waals surface area contributed by atoms with Gasteiger partial charge in [-0.25, -0.2) is 0 Å². The zero-order valence-electron chi connectivity index (χ0n) is 50.3. The monoisotopic (exact) mass is 1080 g/mol. The molecule has 0 atom stereocenters. The molecule has 4 fully saturated rings. The number of ether oxygens (including phenoxy) is 4. The number of rotatable bonds is 40. The molecule has 0 spiro atoms. The average molecular weight is 1080 g/mol. The Morgan fingerprint density at radius 3 is 0.737 bits per heavy atom. The zero-order chi connectivity index (χ0) is 53.4. The van der Waals surface area contributed by atoms with Gasteiger partial charge < -0.3 is 30.6 Å². The Bertz CT molecular complexity index is 1270. The van der Waals surface area contributed by atoms with Crippen LogP contribution in [0.15, 0.2) is 0 Å². The number of aliphatic hydroxyl groups excluding tert-OH is 2. The summed E-state index contributed by atoms with van der Waals surface area (Å²) in [6.07, 6.45) is 55.4. The number of ketones is 1. The third-order valence-electron chi connectivity index (χ3n) is 15.9. The smallest absolute Gasteiger partial charge is 1.00 e. The van der Waals surface area contributed by atoms with Gasteiger partial charge in [-0.05, 0) is 154 Å². The fourth-order valence-electron chi connectivity index (χ4n) is 11.3. The minimum absolute atomic E-state index is 0. The fourth-order valence-corrected chi connectivity index (χ4v) is 11.3. The van der Waals surface area contributed by atoms with E-state index in [9.17, 15) is 29.1 Å². The van der Waals surface area contributed by atoms with Gasteiger partial charge in [0.2, 0.25) is 0 Å². The van der Waals surface area contributed by atoms with E-state index in [-0.39, 0.29) is 93.8 Å². The van der Waals surface area contributed by atoms with E-state index in [0.717, 1.165) is 200 Å². The number of carbonyl (C=O) groups excluding carboxylic acids is 5. The molecule has 4 aliphatic rings. The van der Waals surface area contributed by atoms with Crippen molar-refractivity contribution in [1.29, 1.82) is 0 Å². The molecule has 4 saturated carbocycles. The van der Waals surface area contributed by atoms with E-state index in [1.165, 1.54) is 116 Å². The molecular weight excluding hydrogens is 966 g/mol. The fraction of sp³-hybridized carbons (Fsp3) is 0.921. The van der Waals surface area contributed by atoms with Crippen molar-refractivity contribution in [3.05, 3.63) is 0 Å². The van der Waals surface area contributed by atoms with E-state index >= 15 is 0 Å². The molecule has 4 aliphatic carbocycles. The van der Waals surface area contributed by atoms with Crippen LogP contribution in [0.1, 0.15) is 335 Å². The van der Waals surface area contributed by atoms with Crippen molar-refractivity contribution in [3.63, 3.8) is 0 Å².